The zero-order valence-electron chi connectivity index (χ0n) is 9.74. The number of rotatable bonds is 4. The predicted molar refractivity (Wildman–Crippen MR) is 62.3 cm³/mol. The number of ketones is 1. The first kappa shape index (κ1) is 11.3. The van der Waals surface area contributed by atoms with E-state index >= 15 is 0 Å². The molecule has 2 aromatic rings. The van der Waals surface area contributed by atoms with Crippen LogP contribution in [0.25, 0.3) is 6.08 Å². The van der Waals surface area contributed by atoms with Gasteiger partial charge in [-0.3, -0.25) is 9.48 Å². The molecule has 0 aliphatic rings. The van der Waals surface area contributed by atoms with Crippen molar-refractivity contribution in [3.8, 4) is 0 Å². The number of allylic oxidation sites excluding steroid dienone is 1. The lowest BCUT2D eigenvalue weighted by Gasteiger charge is -1.97. The van der Waals surface area contributed by atoms with Crippen molar-refractivity contribution in [2.24, 2.45) is 7.05 Å². The van der Waals surface area contributed by atoms with Gasteiger partial charge in [0.2, 0.25) is 5.78 Å². The van der Waals surface area contributed by atoms with E-state index in [2.05, 4.69) is 15.3 Å². The monoisotopic (exact) mass is 231 g/mol. The van der Waals surface area contributed by atoms with Crippen LogP contribution >= 0.6 is 0 Å². The van der Waals surface area contributed by atoms with Crippen LogP contribution in [0.3, 0.4) is 0 Å². The van der Waals surface area contributed by atoms with Crippen molar-refractivity contribution in [2.75, 3.05) is 0 Å². The van der Waals surface area contributed by atoms with Gasteiger partial charge in [-0.15, -0.1) is 0 Å². The van der Waals surface area contributed by atoms with Crippen LogP contribution in [0.5, 0.6) is 0 Å². The van der Waals surface area contributed by atoms with Crippen LogP contribution in [0, 0.1) is 0 Å². The number of aromatic nitrogens is 5. The third kappa shape index (κ3) is 2.47. The van der Waals surface area contributed by atoms with Gasteiger partial charge in [-0.2, -0.15) is 20.1 Å². The number of hydrogen-bond acceptors (Lipinski definition) is 4. The fourth-order valence-electron chi connectivity index (χ4n) is 1.45. The molecule has 6 nitrogen and oxygen atoms in total. The van der Waals surface area contributed by atoms with Gasteiger partial charge >= 0.3 is 0 Å². The first-order valence-electron chi connectivity index (χ1n) is 5.31. The maximum atomic E-state index is 11.7. The SMILES string of the molecule is CCn1nccc1/C=C/C(=O)c1cnn(C)n1. The summed E-state index contributed by atoms with van der Waals surface area (Å²) in [5, 5.41) is 11.9. The maximum Gasteiger partial charge on any atom is 0.207 e. The highest BCUT2D eigenvalue weighted by Crippen LogP contribution is 2.03. The van der Waals surface area contributed by atoms with E-state index in [1.807, 2.05) is 13.0 Å². The molecule has 2 rings (SSSR count). The molecule has 0 N–H and O–H groups in total. The van der Waals surface area contributed by atoms with Crippen LogP contribution in [0.15, 0.2) is 24.5 Å². The molecule has 2 heterocycles. The van der Waals surface area contributed by atoms with Crippen LogP contribution in [0.4, 0.5) is 0 Å². The Morgan fingerprint density at radius 1 is 1.47 bits per heavy atom. The largest absolute Gasteiger partial charge is 0.287 e. The average molecular weight is 231 g/mol. The second-order valence-corrected chi connectivity index (χ2v) is 3.49. The Kier molecular flexibility index (Phi) is 3.13. The van der Waals surface area contributed by atoms with Crippen molar-refractivity contribution >= 4 is 11.9 Å². The third-order valence-electron chi connectivity index (χ3n) is 2.31. The molecular formula is C11H13N5O. The fourth-order valence-corrected chi connectivity index (χ4v) is 1.45. The van der Waals surface area contributed by atoms with E-state index in [1.54, 1.807) is 24.0 Å². The smallest absolute Gasteiger partial charge is 0.207 e. The summed E-state index contributed by atoms with van der Waals surface area (Å²) in [7, 11) is 1.67. The fraction of sp³-hybridized carbons (Fsp3) is 0.273. The highest BCUT2D eigenvalue weighted by atomic mass is 16.1. The quantitative estimate of drug-likeness (QED) is 0.580. The van der Waals surface area contributed by atoms with Crippen molar-refractivity contribution in [3.63, 3.8) is 0 Å². The molecule has 0 fully saturated rings. The van der Waals surface area contributed by atoms with Crippen molar-refractivity contribution in [2.45, 2.75) is 13.5 Å². The summed E-state index contributed by atoms with van der Waals surface area (Å²) in [6.45, 7) is 2.76. The van der Waals surface area contributed by atoms with Gasteiger partial charge in [0.05, 0.1) is 11.9 Å². The van der Waals surface area contributed by atoms with Crippen LogP contribution < -0.4 is 0 Å². The van der Waals surface area contributed by atoms with Gasteiger partial charge in [0.1, 0.15) is 0 Å². The van der Waals surface area contributed by atoms with Crippen molar-refractivity contribution in [1.29, 1.82) is 0 Å². The number of nitrogens with zero attached hydrogens (tertiary/aromatic N) is 5. The van der Waals surface area contributed by atoms with Gasteiger partial charge in [0.15, 0.2) is 5.69 Å². The van der Waals surface area contributed by atoms with Gasteiger partial charge in [-0.25, -0.2) is 0 Å². The summed E-state index contributed by atoms with van der Waals surface area (Å²) < 4.78 is 1.81. The number of carbonyl (C=O) groups excluding carboxylic acids is 1. The molecule has 6 heteroatoms. The van der Waals surface area contributed by atoms with Gasteiger partial charge < -0.3 is 0 Å². The molecule has 0 aliphatic heterocycles. The lowest BCUT2D eigenvalue weighted by molar-refractivity contribution is 0.104. The lowest BCUT2D eigenvalue weighted by Crippen LogP contribution is -2.00. The molecule has 0 radical (unpaired) electrons. The van der Waals surface area contributed by atoms with Gasteiger partial charge in [0, 0.05) is 19.8 Å². The Morgan fingerprint density at radius 2 is 2.29 bits per heavy atom. The summed E-state index contributed by atoms with van der Waals surface area (Å²) in [4.78, 5) is 13.1. The van der Waals surface area contributed by atoms with E-state index in [9.17, 15) is 4.79 Å². The van der Waals surface area contributed by atoms with Crippen LogP contribution in [-0.2, 0) is 13.6 Å². The Balaban J connectivity index is 2.13. The van der Waals surface area contributed by atoms with Gasteiger partial charge in [0.25, 0.3) is 0 Å². The van der Waals surface area contributed by atoms with E-state index < -0.39 is 0 Å². The highest BCUT2D eigenvalue weighted by Gasteiger charge is 2.06. The normalized spacial score (nSPS) is 11.2. The minimum atomic E-state index is -0.165. The summed E-state index contributed by atoms with van der Waals surface area (Å²) >= 11 is 0. The molecule has 0 saturated carbocycles. The van der Waals surface area contributed by atoms with Gasteiger partial charge in [-0.05, 0) is 25.1 Å². The molecule has 0 spiro atoms. The minimum Gasteiger partial charge on any atom is -0.287 e. The topological polar surface area (TPSA) is 65.6 Å². The summed E-state index contributed by atoms with van der Waals surface area (Å²) in [5.74, 6) is -0.165. The van der Waals surface area contributed by atoms with Crippen LogP contribution in [0.2, 0.25) is 0 Å². The average Bonchev–Trinajstić information content (AvgIpc) is 2.94. The lowest BCUT2D eigenvalue weighted by atomic mass is 10.2. The maximum absolute atomic E-state index is 11.7. The molecule has 0 bridgehead atoms. The molecule has 2 aromatic heterocycles. The minimum absolute atomic E-state index is 0.165. The second-order valence-electron chi connectivity index (χ2n) is 3.49. The molecule has 0 atom stereocenters. The molecule has 0 aromatic carbocycles. The number of carbonyl (C=O) groups is 1. The van der Waals surface area contributed by atoms with E-state index in [-0.39, 0.29) is 5.78 Å². The Labute approximate surface area is 98.6 Å². The molecule has 0 aliphatic carbocycles. The first-order chi connectivity index (χ1) is 8.20. The molecule has 0 unspecified atom stereocenters. The Bertz CT molecular complexity index is 552. The van der Waals surface area contributed by atoms with Crippen molar-refractivity contribution in [3.05, 3.63) is 35.9 Å². The molecule has 17 heavy (non-hydrogen) atoms. The van der Waals surface area contributed by atoms with Gasteiger partial charge in [-0.1, -0.05) is 0 Å². The standard InChI is InChI=1S/C11H13N5O/c1-3-16-9(6-7-12-16)4-5-11(17)10-8-13-15(2)14-10/h4-8H,3H2,1-2H3/b5-4+. The zero-order valence-corrected chi connectivity index (χ0v) is 9.74. The second kappa shape index (κ2) is 4.73. The molecule has 0 amide bonds. The molecular weight excluding hydrogens is 218 g/mol. The highest BCUT2D eigenvalue weighted by molar-refractivity contribution is 6.05. The summed E-state index contributed by atoms with van der Waals surface area (Å²) in [6, 6.07) is 1.85. The summed E-state index contributed by atoms with van der Waals surface area (Å²) in [5.41, 5.74) is 1.23. The Hall–Kier alpha value is -2.24. The van der Waals surface area contributed by atoms with Crippen molar-refractivity contribution in [1.82, 2.24) is 24.8 Å². The van der Waals surface area contributed by atoms with E-state index in [1.165, 1.54) is 17.1 Å². The molecule has 0 saturated heterocycles. The van der Waals surface area contributed by atoms with Crippen LogP contribution in [0.1, 0.15) is 23.1 Å². The third-order valence-corrected chi connectivity index (χ3v) is 2.31. The molecule has 88 valence electrons. The Morgan fingerprint density at radius 3 is 2.94 bits per heavy atom. The predicted octanol–water partition coefficient (Wildman–Crippen LogP) is 0.928. The van der Waals surface area contributed by atoms with E-state index in [0.29, 0.717) is 5.69 Å². The number of hydrogen-bond donors (Lipinski definition) is 0. The van der Waals surface area contributed by atoms with E-state index in [4.69, 9.17) is 0 Å². The first-order valence-corrected chi connectivity index (χ1v) is 5.31. The summed E-state index contributed by atoms with van der Waals surface area (Å²) in [6.07, 6.45) is 6.36. The van der Waals surface area contributed by atoms with Crippen molar-refractivity contribution < 1.29 is 4.79 Å². The van der Waals surface area contributed by atoms with E-state index in [0.717, 1.165) is 12.2 Å². The van der Waals surface area contributed by atoms with Crippen LogP contribution in [-0.4, -0.2) is 30.6 Å². The zero-order chi connectivity index (χ0) is 12.3. The number of aryl methyl sites for hydroxylation is 2.